The second-order valence-electron chi connectivity index (χ2n) is 7.14. The maximum absolute atomic E-state index is 11.5. The topological polar surface area (TPSA) is 46.2 Å². The Morgan fingerprint density at radius 2 is 1.81 bits per heavy atom. The summed E-state index contributed by atoms with van der Waals surface area (Å²) in [6, 6.07) is 0. The minimum atomic E-state index is -2.85. The highest BCUT2D eigenvalue weighted by atomic mass is 32.2. The number of sulfone groups is 1. The van der Waals surface area contributed by atoms with Crippen molar-refractivity contribution in [2.45, 2.75) is 71.6 Å². The number of nitrogens with one attached hydrogen (secondary N) is 1. The zero-order valence-corrected chi connectivity index (χ0v) is 15.1. The summed E-state index contributed by atoms with van der Waals surface area (Å²) >= 11 is 0. The molecule has 1 N–H and O–H groups in total. The molecule has 0 aromatic rings. The van der Waals surface area contributed by atoms with Crippen LogP contribution in [0.5, 0.6) is 0 Å². The summed E-state index contributed by atoms with van der Waals surface area (Å²) in [7, 11) is -2.85. The predicted molar refractivity (Wildman–Crippen MR) is 91.4 cm³/mol. The predicted octanol–water partition coefficient (Wildman–Crippen LogP) is 3.79. The van der Waals surface area contributed by atoms with Crippen LogP contribution < -0.4 is 5.32 Å². The van der Waals surface area contributed by atoms with Crippen LogP contribution in [0.1, 0.15) is 71.6 Å². The normalized spacial score (nSPS) is 26.9. The summed E-state index contributed by atoms with van der Waals surface area (Å²) in [6.45, 7) is 6.47. The fourth-order valence-electron chi connectivity index (χ4n) is 3.52. The molecule has 0 spiro atoms. The molecule has 1 aliphatic carbocycles. The SMILES string of the molecule is CCCCC1CCC(CCS(C)(=O)=O)(CNCCC)CC1. The van der Waals surface area contributed by atoms with Gasteiger partial charge in [0.2, 0.25) is 0 Å². The smallest absolute Gasteiger partial charge is 0.147 e. The highest BCUT2D eigenvalue weighted by Gasteiger charge is 2.35. The number of unbranched alkanes of at least 4 members (excludes halogenated alkanes) is 1. The van der Waals surface area contributed by atoms with Gasteiger partial charge in [0.1, 0.15) is 9.84 Å². The zero-order chi connectivity index (χ0) is 15.8. The standard InChI is InChI=1S/C17H35NO2S/c1-4-6-7-16-8-10-17(11-9-16,15-18-13-5-2)12-14-21(3,19)20/h16,18H,4-15H2,1-3H3. The minimum Gasteiger partial charge on any atom is -0.316 e. The molecule has 1 rings (SSSR count). The Bertz CT molecular complexity index is 370. The van der Waals surface area contributed by atoms with Crippen LogP contribution in [0.25, 0.3) is 0 Å². The number of rotatable bonds is 10. The molecule has 1 saturated carbocycles. The van der Waals surface area contributed by atoms with Crippen molar-refractivity contribution in [1.82, 2.24) is 5.32 Å². The fraction of sp³-hybridized carbons (Fsp3) is 1.00. The van der Waals surface area contributed by atoms with Gasteiger partial charge in [0.15, 0.2) is 0 Å². The van der Waals surface area contributed by atoms with Crippen LogP contribution >= 0.6 is 0 Å². The molecule has 0 unspecified atom stereocenters. The summed E-state index contributed by atoms with van der Waals surface area (Å²) in [5, 5.41) is 3.55. The van der Waals surface area contributed by atoms with Gasteiger partial charge in [0.05, 0.1) is 5.75 Å². The summed E-state index contributed by atoms with van der Waals surface area (Å²) in [6.07, 6.45) is 12.3. The maximum Gasteiger partial charge on any atom is 0.147 e. The maximum atomic E-state index is 11.5. The second kappa shape index (κ2) is 9.14. The van der Waals surface area contributed by atoms with Crippen molar-refractivity contribution >= 4 is 9.84 Å². The molecule has 0 amide bonds. The molecule has 0 heterocycles. The Labute approximate surface area is 132 Å². The van der Waals surface area contributed by atoms with E-state index in [-0.39, 0.29) is 5.41 Å². The average molecular weight is 318 g/mol. The van der Waals surface area contributed by atoms with E-state index in [1.165, 1.54) is 51.2 Å². The molecule has 0 radical (unpaired) electrons. The van der Waals surface area contributed by atoms with Crippen LogP contribution in [0.2, 0.25) is 0 Å². The Balaban J connectivity index is 2.54. The van der Waals surface area contributed by atoms with Crippen LogP contribution in [0.4, 0.5) is 0 Å². The van der Waals surface area contributed by atoms with Gasteiger partial charge >= 0.3 is 0 Å². The van der Waals surface area contributed by atoms with Gasteiger partial charge in [-0.15, -0.1) is 0 Å². The van der Waals surface area contributed by atoms with Crippen molar-refractivity contribution in [2.75, 3.05) is 25.1 Å². The summed E-state index contributed by atoms with van der Waals surface area (Å²) in [5.41, 5.74) is 0.223. The molecule has 126 valence electrons. The van der Waals surface area contributed by atoms with E-state index in [2.05, 4.69) is 19.2 Å². The molecular weight excluding hydrogens is 282 g/mol. The van der Waals surface area contributed by atoms with Gasteiger partial charge < -0.3 is 5.32 Å². The van der Waals surface area contributed by atoms with Crippen LogP contribution in [-0.4, -0.2) is 33.5 Å². The molecule has 0 aromatic heterocycles. The monoisotopic (exact) mass is 317 g/mol. The van der Waals surface area contributed by atoms with Crippen LogP contribution in [-0.2, 0) is 9.84 Å². The molecule has 0 bridgehead atoms. The van der Waals surface area contributed by atoms with Gasteiger partial charge in [0.25, 0.3) is 0 Å². The molecule has 0 atom stereocenters. The van der Waals surface area contributed by atoms with Gasteiger partial charge in [-0.1, -0.05) is 33.1 Å². The third kappa shape index (κ3) is 7.64. The first-order chi connectivity index (χ1) is 9.91. The van der Waals surface area contributed by atoms with Crippen molar-refractivity contribution in [3.63, 3.8) is 0 Å². The van der Waals surface area contributed by atoms with Crippen molar-refractivity contribution in [2.24, 2.45) is 11.3 Å². The van der Waals surface area contributed by atoms with Crippen molar-refractivity contribution in [3.8, 4) is 0 Å². The van der Waals surface area contributed by atoms with E-state index in [1.807, 2.05) is 0 Å². The lowest BCUT2D eigenvalue weighted by Crippen LogP contribution is -2.39. The van der Waals surface area contributed by atoms with Gasteiger partial charge in [-0.3, -0.25) is 0 Å². The Kier molecular flexibility index (Phi) is 8.25. The van der Waals surface area contributed by atoms with E-state index in [9.17, 15) is 8.42 Å². The van der Waals surface area contributed by atoms with Crippen molar-refractivity contribution in [1.29, 1.82) is 0 Å². The molecule has 1 aliphatic rings. The minimum absolute atomic E-state index is 0.223. The van der Waals surface area contributed by atoms with E-state index in [4.69, 9.17) is 0 Å². The lowest BCUT2D eigenvalue weighted by Gasteiger charge is -2.41. The van der Waals surface area contributed by atoms with Gasteiger partial charge in [-0.2, -0.15) is 0 Å². The van der Waals surface area contributed by atoms with E-state index in [1.54, 1.807) is 0 Å². The zero-order valence-electron chi connectivity index (χ0n) is 14.3. The summed E-state index contributed by atoms with van der Waals surface area (Å²) in [4.78, 5) is 0. The lowest BCUT2D eigenvalue weighted by atomic mass is 9.68. The first kappa shape index (κ1) is 19.0. The quantitative estimate of drug-likeness (QED) is 0.624. The third-order valence-electron chi connectivity index (χ3n) is 5.06. The Hall–Kier alpha value is -0.0900. The Morgan fingerprint density at radius 1 is 1.14 bits per heavy atom. The van der Waals surface area contributed by atoms with Gasteiger partial charge in [-0.05, 0) is 56.4 Å². The molecule has 4 heteroatoms. The average Bonchev–Trinajstić information content (AvgIpc) is 2.44. The highest BCUT2D eigenvalue weighted by molar-refractivity contribution is 7.90. The van der Waals surface area contributed by atoms with Crippen LogP contribution in [0.3, 0.4) is 0 Å². The number of hydrogen-bond donors (Lipinski definition) is 1. The fourth-order valence-corrected chi connectivity index (χ4v) is 4.32. The van der Waals surface area contributed by atoms with E-state index < -0.39 is 9.84 Å². The van der Waals surface area contributed by atoms with E-state index >= 15 is 0 Å². The largest absolute Gasteiger partial charge is 0.316 e. The van der Waals surface area contributed by atoms with Gasteiger partial charge in [0, 0.05) is 12.8 Å². The molecule has 21 heavy (non-hydrogen) atoms. The Morgan fingerprint density at radius 3 is 2.33 bits per heavy atom. The molecule has 3 nitrogen and oxygen atoms in total. The first-order valence-corrected chi connectivity index (χ1v) is 10.9. The van der Waals surface area contributed by atoms with Gasteiger partial charge in [-0.25, -0.2) is 8.42 Å². The molecule has 0 saturated heterocycles. The highest BCUT2D eigenvalue weighted by Crippen LogP contribution is 2.42. The third-order valence-corrected chi connectivity index (χ3v) is 6.01. The summed E-state index contributed by atoms with van der Waals surface area (Å²) < 4.78 is 23.1. The molecular formula is C17H35NO2S. The molecule has 0 aromatic carbocycles. The number of hydrogen-bond acceptors (Lipinski definition) is 3. The van der Waals surface area contributed by atoms with Crippen LogP contribution in [0.15, 0.2) is 0 Å². The van der Waals surface area contributed by atoms with Crippen molar-refractivity contribution in [3.05, 3.63) is 0 Å². The summed E-state index contributed by atoms with van der Waals surface area (Å²) in [5.74, 6) is 1.22. The molecule has 1 fully saturated rings. The lowest BCUT2D eigenvalue weighted by molar-refractivity contribution is 0.134. The van der Waals surface area contributed by atoms with Crippen molar-refractivity contribution < 1.29 is 8.42 Å². The van der Waals surface area contributed by atoms with E-state index in [0.29, 0.717) is 5.75 Å². The molecule has 0 aliphatic heterocycles. The van der Waals surface area contributed by atoms with E-state index in [0.717, 1.165) is 31.8 Å². The second-order valence-corrected chi connectivity index (χ2v) is 9.40. The van der Waals surface area contributed by atoms with Crippen LogP contribution in [0, 0.1) is 11.3 Å². The first-order valence-electron chi connectivity index (χ1n) is 8.79.